The fraction of sp³-hybridized carbons (Fsp3) is 0.875. The zero-order valence-electron chi connectivity index (χ0n) is 8.26. The Kier molecular flexibility index (Phi) is 7.96. The number of carbonyl (C=O) groups is 1. The molecule has 0 fully saturated rings. The van der Waals surface area contributed by atoms with Crippen LogP contribution in [0.3, 0.4) is 0 Å². The summed E-state index contributed by atoms with van der Waals surface area (Å²) in [6.45, 7) is 1.39. The molecule has 0 aliphatic rings. The van der Waals surface area contributed by atoms with Crippen LogP contribution in [0.5, 0.6) is 0 Å². The van der Waals surface area contributed by atoms with Gasteiger partial charge in [-0.3, -0.25) is 4.79 Å². The Morgan fingerprint density at radius 3 is 2.43 bits per heavy atom. The Labute approximate surface area is 88.4 Å². The number of methoxy groups -OCH3 is 1. The van der Waals surface area contributed by atoms with E-state index in [-0.39, 0.29) is 31.7 Å². The highest BCUT2D eigenvalue weighted by Gasteiger charge is 2.28. The molecule has 0 bridgehead atoms. The monoisotopic (exact) mass is 231 g/mol. The van der Waals surface area contributed by atoms with E-state index >= 15 is 0 Å². The van der Waals surface area contributed by atoms with Crippen LogP contribution in [0.1, 0.15) is 26.2 Å². The van der Waals surface area contributed by atoms with Crippen LogP contribution in [-0.2, 0) is 9.53 Å². The number of alkyl halides is 2. The molecule has 0 aromatic carbocycles. The van der Waals surface area contributed by atoms with Gasteiger partial charge in [0.05, 0.1) is 7.11 Å². The van der Waals surface area contributed by atoms with Gasteiger partial charge >= 0.3 is 5.97 Å². The van der Waals surface area contributed by atoms with Gasteiger partial charge in [0.1, 0.15) is 6.04 Å². The molecule has 6 heteroatoms. The molecule has 0 radical (unpaired) electrons. The van der Waals surface area contributed by atoms with Gasteiger partial charge in [-0.2, -0.15) is 0 Å². The van der Waals surface area contributed by atoms with Gasteiger partial charge in [-0.25, -0.2) is 8.78 Å². The van der Waals surface area contributed by atoms with E-state index in [9.17, 15) is 13.6 Å². The third kappa shape index (κ3) is 6.10. The summed E-state index contributed by atoms with van der Waals surface area (Å²) < 4.78 is 29.6. The van der Waals surface area contributed by atoms with Crippen molar-refractivity contribution in [1.82, 2.24) is 0 Å². The van der Waals surface area contributed by atoms with Crippen LogP contribution >= 0.6 is 12.4 Å². The largest absolute Gasteiger partial charge is 0.468 e. The lowest BCUT2D eigenvalue weighted by Crippen LogP contribution is -2.33. The van der Waals surface area contributed by atoms with Crippen LogP contribution in [0, 0.1) is 0 Å². The second-order valence-electron chi connectivity index (χ2n) is 2.88. The summed E-state index contributed by atoms with van der Waals surface area (Å²) in [6, 6.07) is -0.942. The third-order valence-corrected chi connectivity index (χ3v) is 1.84. The Balaban J connectivity index is 0. The molecule has 3 nitrogen and oxygen atoms in total. The normalized spacial score (nSPS) is 12.9. The second kappa shape index (κ2) is 6.95. The minimum Gasteiger partial charge on any atom is -0.468 e. The average Bonchev–Trinajstić information content (AvgIpc) is 2.13. The van der Waals surface area contributed by atoms with E-state index in [0.29, 0.717) is 0 Å². The van der Waals surface area contributed by atoms with Crippen molar-refractivity contribution in [2.24, 2.45) is 5.73 Å². The third-order valence-electron chi connectivity index (χ3n) is 1.84. The molecule has 0 aliphatic heterocycles. The van der Waals surface area contributed by atoms with Crippen LogP contribution in [0.4, 0.5) is 8.78 Å². The number of hydrogen-bond acceptors (Lipinski definition) is 3. The SMILES string of the molecule is CCC(F)(F)CCC(N)C(=O)OC.Cl. The number of carbonyl (C=O) groups excluding carboxylic acids is 1. The second-order valence-corrected chi connectivity index (χ2v) is 2.88. The van der Waals surface area contributed by atoms with Gasteiger partial charge in [-0.15, -0.1) is 12.4 Å². The van der Waals surface area contributed by atoms with Crippen molar-refractivity contribution in [3.63, 3.8) is 0 Å². The first-order valence-electron chi connectivity index (χ1n) is 4.14. The Hall–Kier alpha value is -0.420. The summed E-state index contributed by atoms with van der Waals surface area (Å²) in [7, 11) is 1.18. The molecule has 0 spiro atoms. The number of halogens is 3. The molecule has 0 saturated heterocycles. The molecule has 0 rings (SSSR count). The molecule has 0 saturated carbocycles. The minimum absolute atomic E-state index is 0. The molecular formula is C8H16ClF2NO2. The van der Waals surface area contributed by atoms with Crippen molar-refractivity contribution in [2.75, 3.05) is 7.11 Å². The van der Waals surface area contributed by atoms with E-state index in [1.807, 2.05) is 0 Å². The maximum atomic E-state index is 12.7. The lowest BCUT2D eigenvalue weighted by Gasteiger charge is -2.15. The van der Waals surface area contributed by atoms with Gasteiger partial charge < -0.3 is 10.5 Å². The first-order valence-corrected chi connectivity index (χ1v) is 4.14. The van der Waals surface area contributed by atoms with Crippen LogP contribution in [0.2, 0.25) is 0 Å². The van der Waals surface area contributed by atoms with Gasteiger partial charge in [0, 0.05) is 12.8 Å². The number of nitrogens with two attached hydrogens (primary N) is 1. The van der Waals surface area contributed by atoms with E-state index in [2.05, 4.69) is 4.74 Å². The highest BCUT2D eigenvalue weighted by atomic mass is 35.5. The van der Waals surface area contributed by atoms with Gasteiger partial charge in [0.2, 0.25) is 5.92 Å². The van der Waals surface area contributed by atoms with Gasteiger partial charge in [0.15, 0.2) is 0 Å². The summed E-state index contributed by atoms with van der Waals surface area (Å²) in [5.74, 6) is -3.38. The van der Waals surface area contributed by atoms with E-state index in [4.69, 9.17) is 5.73 Å². The zero-order valence-corrected chi connectivity index (χ0v) is 9.07. The fourth-order valence-corrected chi connectivity index (χ4v) is 0.813. The molecule has 1 atom stereocenters. The predicted molar refractivity (Wildman–Crippen MR) is 51.7 cm³/mol. The van der Waals surface area contributed by atoms with Crippen LogP contribution < -0.4 is 5.73 Å². The summed E-state index contributed by atoms with van der Waals surface area (Å²) in [4.78, 5) is 10.7. The summed E-state index contributed by atoms with van der Waals surface area (Å²) in [5.41, 5.74) is 5.28. The van der Waals surface area contributed by atoms with E-state index in [1.165, 1.54) is 14.0 Å². The van der Waals surface area contributed by atoms with Gasteiger partial charge in [-0.05, 0) is 6.42 Å². The molecule has 0 aromatic rings. The lowest BCUT2D eigenvalue weighted by atomic mass is 10.1. The molecule has 2 N–H and O–H groups in total. The van der Waals surface area contributed by atoms with Crippen molar-refractivity contribution in [3.8, 4) is 0 Å². The number of esters is 1. The van der Waals surface area contributed by atoms with E-state index < -0.39 is 17.9 Å². The quantitative estimate of drug-likeness (QED) is 0.734. The molecule has 86 valence electrons. The molecule has 0 heterocycles. The van der Waals surface area contributed by atoms with Crippen molar-refractivity contribution < 1.29 is 18.3 Å². The van der Waals surface area contributed by atoms with Crippen molar-refractivity contribution in [2.45, 2.75) is 38.2 Å². The van der Waals surface area contributed by atoms with Crippen LogP contribution in [0.25, 0.3) is 0 Å². The Morgan fingerprint density at radius 1 is 1.57 bits per heavy atom. The van der Waals surface area contributed by atoms with Crippen LogP contribution in [-0.4, -0.2) is 25.0 Å². The topological polar surface area (TPSA) is 52.3 Å². The first kappa shape index (κ1) is 16.0. The number of rotatable bonds is 5. The van der Waals surface area contributed by atoms with Gasteiger partial charge in [-0.1, -0.05) is 6.92 Å². The molecule has 0 aliphatic carbocycles. The maximum absolute atomic E-state index is 12.7. The average molecular weight is 232 g/mol. The Bertz CT molecular complexity index is 179. The maximum Gasteiger partial charge on any atom is 0.322 e. The standard InChI is InChI=1S/C8H15F2NO2.ClH/c1-3-8(9,10)5-4-6(11)7(12)13-2;/h6H,3-5,11H2,1-2H3;1H. The van der Waals surface area contributed by atoms with Crippen molar-refractivity contribution in [1.29, 1.82) is 0 Å². The minimum atomic E-state index is -2.73. The molecule has 1 unspecified atom stereocenters. The first-order chi connectivity index (χ1) is 5.93. The Morgan fingerprint density at radius 2 is 2.07 bits per heavy atom. The zero-order chi connectivity index (χ0) is 10.5. The van der Waals surface area contributed by atoms with Gasteiger partial charge in [0.25, 0.3) is 0 Å². The van der Waals surface area contributed by atoms with Crippen molar-refractivity contribution >= 4 is 18.4 Å². The predicted octanol–water partition coefficient (Wildman–Crippen LogP) is 1.73. The number of ether oxygens (including phenoxy) is 1. The molecular weight excluding hydrogens is 216 g/mol. The summed E-state index contributed by atoms with van der Waals surface area (Å²) in [5, 5.41) is 0. The van der Waals surface area contributed by atoms with Crippen LogP contribution in [0.15, 0.2) is 0 Å². The highest BCUT2D eigenvalue weighted by molar-refractivity contribution is 5.85. The summed E-state index contributed by atoms with van der Waals surface area (Å²) in [6.07, 6.45) is -0.659. The smallest absolute Gasteiger partial charge is 0.322 e. The summed E-state index contributed by atoms with van der Waals surface area (Å²) >= 11 is 0. The lowest BCUT2D eigenvalue weighted by molar-refractivity contribution is -0.142. The molecule has 0 aromatic heterocycles. The van der Waals surface area contributed by atoms with E-state index in [1.54, 1.807) is 0 Å². The van der Waals surface area contributed by atoms with E-state index in [0.717, 1.165) is 0 Å². The highest BCUT2D eigenvalue weighted by Crippen LogP contribution is 2.24. The number of hydrogen-bond donors (Lipinski definition) is 1. The fourth-order valence-electron chi connectivity index (χ4n) is 0.813. The molecule has 14 heavy (non-hydrogen) atoms. The molecule has 0 amide bonds. The van der Waals surface area contributed by atoms with Crippen molar-refractivity contribution in [3.05, 3.63) is 0 Å².